The minimum Gasteiger partial charge on any atom is -0.296 e. The molecule has 0 saturated carbocycles. The first-order valence-electron chi connectivity index (χ1n) is 6.00. The Bertz CT molecular complexity index is 508. The number of Topliss-reactive ketones (excluding diaryl/α,β-unsaturated/α-hetero) is 1. The van der Waals surface area contributed by atoms with Gasteiger partial charge in [-0.3, -0.25) is 19.7 Å². The number of amides is 2. The van der Waals surface area contributed by atoms with Crippen molar-refractivity contribution in [1.82, 2.24) is 5.32 Å². The fraction of sp³-hybridized carbons (Fsp3) is 0.357. The number of piperidine rings is 1. The number of rotatable bonds is 3. The third-order valence-corrected chi connectivity index (χ3v) is 3.23. The molecule has 4 heteroatoms. The summed E-state index contributed by atoms with van der Waals surface area (Å²) < 4.78 is 0. The van der Waals surface area contributed by atoms with Crippen LogP contribution in [0.25, 0.3) is 0 Å². The van der Waals surface area contributed by atoms with Gasteiger partial charge in [-0.05, 0) is 18.9 Å². The van der Waals surface area contributed by atoms with Crippen LogP contribution < -0.4 is 5.32 Å². The maximum absolute atomic E-state index is 12.1. The number of nitrogens with one attached hydrogen (secondary N) is 1. The van der Waals surface area contributed by atoms with Crippen molar-refractivity contribution in [2.24, 2.45) is 5.92 Å². The predicted octanol–water partition coefficient (Wildman–Crippen LogP) is 1.62. The summed E-state index contributed by atoms with van der Waals surface area (Å²) in [5.41, 5.74) is 1.57. The summed E-state index contributed by atoms with van der Waals surface area (Å²) in [6, 6.07) is 7.32. The van der Waals surface area contributed by atoms with Gasteiger partial charge in [-0.1, -0.05) is 24.3 Å². The fourth-order valence-electron chi connectivity index (χ4n) is 2.15. The molecule has 1 aromatic rings. The number of benzene rings is 1. The van der Waals surface area contributed by atoms with Crippen LogP contribution in [0, 0.1) is 12.8 Å². The summed E-state index contributed by atoms with van der Waals surface area (Å²) in [7, 11) is 0. The molecule has 1 unspecified atom stereocenters. The highest BCUT2D eigenvalue weighted by atomic mass is 16.2. The van der Waals surface area contributed by atoms with E-state index in [1.54, 1.807) is 6.07 Å². The van der Waals surface area contributed by atoms with Crippen LogP contribution in [-0.2, 0) is 9.59 Å². The molecule has 2 amide bonds. The lowest BCUT2D eigenvalue weighted by Gasteiger charge is -2.20. The smallest absolute Gasteiger partial charge is 0.230 e. The molecule has 18 heavy (non-hydrogen) atoms. The molecular weight excluding hydrogens is 230 g/mol. The number of imide groups is 1. The van der Waals surface area contributed by atoms with E-state index in [0.29, 0.717) is 18.4 Å². The van der Waals surface area contributed by atoms with Gasteiger partial charge in [0.15, 0.2) is 5.78 Å². The molecule has 1 aliphatic rings. The van der Waals surface area contributed by atoms with Crippen molar-refractivity contribution in [1.29, 1.82) is 0 Å². The van der Waals surface area contributed by atoms with E-state index >= 15 is 0 Å². The second kappa shape index (κ2) is 5.12. The van der Waals surface area contributed by atoms with Gasteiger partial charge in [0.1, 0.15) is 0 Å². The molecule has 0 spiro atoms. The third-order valence-electron chi connectivity index (χ3n) is 3.23. The van der Waals surface area contributed by atoms with E-state index in [1.165, 1.54) is 0 Å². The molecule has 1 heterocycles. The number of ketones is 1. The Morgan fingerprint density at radius 3 is 2.72 bits per heavy atom. The van der Waals surface area contributed by atoms with Crippen LogP contribution in [0.3, 0.4) is 0 Å². The Hall–Kier alpha value is -1.97. The molecule has 1 saturated heterocycles. The van der Waals surface area contributed by atoms with Crippen molar-refractivity contribution >= 4 is 17.6 Å². The van der Waals surface area contributed by atoms with Crippen LogP contribution >= 0.6 is 0 Å². The topological polar surface area (TPSA) is 63.2 Å². The van der Waals surface area contributed by atoms with Crippen LogP contribution in [0.15, 0.2) is 24.3 Å². The minimum atomic E-state index is -0.380. The van der Waals surface area contributed by atoms with Crippen molar-refractivity contribution < 1.29 is 14.4 Å². The fourth-order valence-corrected chi connectivity index (χ4v) is 2.15. The van der Waals surface area contributed by atoms with E-state index in [1.807, 2.05) is 25.1 Å². The van der Waals surface area contributed by atoms with Crippen LogP contribution in [0.5, 0.6) is 0 Å². The Morgan fingerprint density at radius 2 is 2.06 bits per heavy atom. The van der Waals surface area contributed by atoms with Gasteiger partial charge in [0.25, 0.3) is 0 Å². The Morgan fingerprint density at radius 1 is 1.33 bits per heavy atom. The molecule has 1 aliphatic heterocycles. The van der Waals surface area contributed by atoms with Crippen LogP contribution in [0.2, 0.25) is 0 Å². The first-order valence-corrected chi connectivity index (χ1v) is 6.00. The summed E-state index contributed by atoms with van der Waals surface area (Å²) >= 11 is 0. The van der Waals surface area contributed by atoms with Gasteiger partial charge in [0.2, 0.25) is 11.8 Å². The van der Waals surface area contributed by atoms with Crippen molar-refractivity contribution in [3.8, 4) is 0 Å². The maximum Gasteiger partial charge on any atom is 0.230 e. The molecular formula is C14H15NO3. The second-order valence-corrected chi connectivity index (χ2v) is 4.59. The van der Waals surface area contributed by atoms with E-state index in [2.05, 4.69) is 5.32 Å². The molecule has 2 rings (SSSR count). The molecule has 1 aromatic carbocycles. The predicted molar refractivity (Wildman–Crippen MR) is 66.0 cm³/mol. The average molecular weight is 245 g/mol. The van der Waals surface area contributed by atoms with Crippen LogP contribution in [0.4, 0.5) is 0 Å². The number of hydrogen-bond donors (Lipinski definition) is 1. The largest absolute Gasteiger partial charge is 0.296 e. The molecule has 0 bridgehead atoms. The van der Waals surface area contributed by atoms with Gasteiger partial charge in [-0.15, -0.1) is 0 Å². The monoisotopic (exact) mass is 245 g/mol. The van der Waals surface area contributed by atoms with Gasteiger partial charge in [0.05, 0.1) is 0 Å². The summed E-state index contributed by atoms with van der Waals surface area (Å²) in [4.78, 5) is 34.7. The van der Waals surface area contributed by atoms with E-state index in [9.17, 15) is 14.4 Å². The van der Waals surface area contributed by atoms with E-state index in [4.69, 9.17) is 0 Å². The van der Waals surface area contributed by atoms with Crippen LogP contribution in [-0.4, -0.2) is 17.6 Å². The van der Waals surface area contributed by atoms with Gasteiger partial charge >= 0.3 is 0 Å². The first kappa shape index (κ1) is 12.5. The number of carbonyl (C=O) groups is 3. The number of hydrogen-bond acceptors (Lipinski definition) is 3. The first-order chi connectivity index (χ1) is 8.58. The van der Waals surface area contributed by atoms with Crippen molar-refractivity contribution in [3.05, 3.63) is 35.4 Å². The third kappa shape index (κ3) is 2.64. The van der Waals surface area contributed by atoms with Gasteiger partial charge in [-0.25, -0.2) is 0 Å². The molecule has 0 aliphatic carbocycles. The summed E-state index contributed by atoms with van der Waals surface area (Å²) in [6.45, 7) is 1.87. The van der Waals surface area contributed by atoms with E-state index < -0.39 is 0 Å². The van der Waals surface area contributed by atoms with E-state index in [-0.39, 0.29) is 29.9 Å². The summed E-state index contributed by atoms with van der Waals surface area (Å²) in [5.74, 6) is -0.995. The molecule has 1 atom stereocenters. The highest BCUT2D eigenvalue weighted by Crippen LogP contribution is 2.20. The van der Waals surface area contributed by atoms with Gasteiger partial charge in [-0.2, -0.15) is 0 Å². The average Bonchev–Trinajstić information content (AvgIpc) is 2.33. The summed E-state index contributed by atoms with van der Waals surface area (Å²) in [5, 5.41) is 2.27. The van der Waals surface area contributed by atoms with Crippen LogP contribution in [0.1, 0.15) is 35.2 Å². The lowest BCUT2D eigenvalue weighted by molar-refractivity contribution is -0.136. The SMILES string of the molecule is Cc1ccccc1C(=O)CC1CCC(=O)NC1=O. The Kier molecular flexibility index (Phi) is 3.55. The molecule has 94 valence electrons. The minimum absolute atomic E-state index is 0.0393. The van der Waals surface area contributed by atoms with Crippen molar-refractivity contribution in [3.63, 3.8) is 0 Å². The molecule has 1 fully saturated rings. The zero-order chi connectivity index (χ0) is 13.1. The number of aryl methyl sites for hydroxylation is 1. The van der Waals surface area contributed by atoms with Crippen molar-refractivity contribution in [2.75, 3.05) is 0 Å². The number of carbonyl (C=O) groups excluding carboxylic acids is 3. The Balaban J connectivity index is 2.06. The zero-order valence-electron chi connectivity index (χ0n) is 10.2. The van der Waals surface area contributed by atoms with Crippen molar-refractivity contribution in [2.45, 2.75) is 26.2 Å². The van der Waals surface area contributed by atoms with E-state index in [0.717, 1.165) is 5.56 Å². The normalized spacial score (nSPS) is 19.5. The van der Waals surface area contributed by atoms with Gasteiger partial charge in [0, 0.05) is 24.3 Å². The highest BCUT2D eigenvalue weighted by molar-refractivity contribution is 6.03. The Labute approximate surface area is 105 Å². The molecule has 0 radical (unpaired) electrons. The van der Waals surface area contributed by atoms with Gasteiger partial charge < -0.3 is 0 Å². The zero-order valence-corrected chi connectivity index (χ0v) is 10.2. The summed E-state index contributed by atoms with van der Waals surface area (Å²) in [6.07, 6.45) is 0.948. The lowest BCUT2D eigenvalue weighted by atomic mass is 9.90. The molecule has 0 aromatic heterocycles. The quantitative estimate of drug-likeness (QED) is 0.650. The molecule has 1 N–H and O–H groups in total. The second-order valence-electron chi connectivity index (χ2n) is 4.59. The standard InChI is InChI=1S/C14H15NO3/c1-9-4-2-3-5-11(9)12(16)8-10-6-7-13(17)15-14(10)18/h2-5,10H,6-8H2,1H3,(H,15,17,18). The highest BCUT2D eigenvalue weighted by Gasteiger charge is 2.28. The maximum atomic E-state index is 12.1. The lowest BCUT2D eigenvalue weighted by Crippen LogP contribution is -2.41. The molecule has 4 nitrogen and oxygen atoms in total.